The zero-order chi connectivity index (χ0) is 15.5. The fourth-order valence-electron chi connectivity index (χ4n) is 3.15. The van der Waals surface area contributed by atoms with Gasteiger partial charge in [-0.1, -0.05) is 12.1 Å². The van der Waals surface area contributed by atoms with Gasteiger partial charge in [-0.2, -0.15) is 0 Å². The van der Waals surface area contributed by atoms with Gasteiger partial charge in [0.05, 0.1) is 0 Å². The molecule has 4 nitrogen and oxygen atoms in total. The molecule has 1 fully saturated rings. The maximum Gasteiger partial charge on any atom is 0.231 e. The molecule has 4 rings (SSSR count). The molecule has 1 aromatic carbocycles. The number of fused-ring (bicyclic) bond motifs is 1. The number of ether oxygens (including phenoxy) is 2. The third kappa shape index (κ3) is 3.64. The lowest BCUT2D eigenvalue weighted by Gasteiger charge is -2.18. The Morgan fingerprint density at radius 3 is 2.87 bits per heavy atom. The van der Waals surface area contributed by atoms with Crippen LogP contribution in [0.1, 0.15) is 24.1 Å². The molecular formula is C19H22N2O2. The van der Waals surface area contributed by atoms with Gasteiger partial charge in [0.1, 0.15) is 0 Å². The van der Waals surface area contributed by atoms with Crippen molar-refractivity contribution in [2.45, 2.75) is 31.7 Å². The third-order valence-electron chi connectivity index (χ3n) is 4.60. The van der Waals surface area contributed by atoms with Crippen molar-refractivity contribution in [3.05, 3.63) is 53.9 Å². The molecule has 1 atom stereocenters. The summed E-state index contributed by atoms with van der Waals surface area (Å²) >= 11 is 0. The molecule has 1 N–H and O–H groups in total. The number of hydrogen-bond acceptors (Lipinski definition) is 4. The first-order valence-electron chi connectivity index (χ1n) is 8.40. The second-order valence-corrected chi connectivity index (χ2v) is 6.36. The molecule has 1 aliphatic carbocycles. The lowest BCUT2D eigenvalue weighted by atomic mass is 10.1. The van der Waals surface area contributed by atoms with Gasteiger partial charge in [0.25, 0.3) is 0 Å². The van der Waals surface area contributed by atoms with Crippen molar-refractivity contribution in [3.8, 4) is 11.5 Å². The van der Waals surface area contributed by atoms with Gasteiger partial charge >= 0.3 is 0 Å². The molecule has 0 unspecified atom stereocenters. The van der Waals surface area contributed by atoms with Crippen LogP contribution in [0.15, 0.2) is 42.6 Å². The smallest absolute Gasteiger partial charge is 0.231 e. The van der Waals surface area contributed by atoms with E-state index in [1.54, 1.807) is 0 Å². The van der Waals surface area contributed by atoms with Crippen molar-refractivity contribution in [2.24, 2.45) is 5.92 Å². The Bertz CT molecular complexity index is 656. The van der Waals surface area contributed by atoms with E-state index >= 15 is 0 Å². The van der Waals surface area contributed by atoms with Crippen molar-refractivity contribution >= 4 is 0 Å². The third-order valence-corrected chi connectivity index (χ3v) is 4.60. The van der Waals surface area contributed by atoms with E-state index in [-0.39, 0.29) is 0 Å². The van der Waals surface area contributed by atoms with Gasteiger partial charge in [-0.3, -0.25) is 4.98 Å². The fraction of sp³-hybridized carbons (Fsp3) is 0.421. The van der Waals surface area contributed by atoms with Crippen LogP contribution in [0.25, 0.3) is 0 Å². The second kappa shape index (κ2) is 6.59. The number of rotatable bonds is 7. The summed E-state index contributed by atoms with van der Waals surface area (Å²) in [5.74, 6) is 2.54. The lowest BCUT2D eigenvalue weighted by Crippen LogP contribution is -2.34. The number of hydrogen-bond donors (Lipinski definition) is 1. The highest BCUT2D eigenvalue weighted by atomic mass is 16.7. The Kier molecular flexibility index (Phi) is 4.16. The van der Waals surface area contributed by atoms with E-state index < -0.39 is 0 Å². The minimum atomic E-state index is 0.338. The summed E-state index contributed by atoms with van der Waals surface area (Å²) in [6, 6.07) is 12.9. The number of nitrogens with zero attached hydrogens (tertiary/aromatic N) is 1. The predicted octanol–water partition coefficient (Wildman–Crippen LogP) is 2.96. The number of aromatic nitrogens is 1. The molecule has 1 saturated carbocycles. The summed E-state index contributed by atoms with van der Waals surface area (Å²) in [5.41, 5.74) is 2.47. The van der Waals surface area contributed by atoms with Crippen LogP contribution < -0.4 is 14.8 Å². The van der Waals surface area contributed by atoms with Crippen LogP contribution in [0.4, 0.5) is 0 Å². The van der Waals surface area contributed by atoms with Gasteiger partial charge in [-0.15, -0.1) is 0 Å². The van der Waals surface area contributed by atoms with Gasteiger partial charge in [0.15, 0.2) is 11.5 Å². The van der Waals surface area contributed by atoms with E-state index in [1.807, 2.05) is 18.3 Å². The van der Waals surface area contributed by atoms with Crippen molar-refractivity contribution in [3.63, 3.8) is 0 Å². The van der Waals surface area contributed by atoms with Crippen LogP contribution in [0.3, 0.4) is 0 Å². The summed E-state index contributed by atoms with van der Waals surface area (Å²) in [6.45, 7) is 1.32. The van der Waals surface area contributed by atoms with Crippen LogP contribution in [0.5, 0.6) is 11.5 Å². The molecule has 2 aromatic rings. The van der Waals surface area contributed by atoms with E-state index in [0.29, 0.717) is 12.8 Å². The second-order valence-electron chi connectivity index (χ2n) is 6.36. The summed E-state index contributed by atoms with van der Waals surface area (Å²) in [7, 11) is 0. The Morgan fingerprint density at radius 1 is 1.13 bits per heavy atom. The number of pyridine rings is 1. The van der Waals surface area contributed by atoms with Gasteiger partial charge < -0.3 is 14.8 Å². The molecule has 0 saturated heterocycles. The van der Waals surface area contributed by atoms with E-state index in [9.17, 15) is 0 Å². The Morgan fingerprint density at radius 2 is 2.04 bits per heavy atom. The van der Waals surface area contributed by atoms with Crippen molar-refractivity contribution < 1.29 is 9.47 Å². The largest absolute Gasteiger partial charge is 0.454 e. The van der Waals surface area contributed by atoms with Crippen molar-refractivity contribution in [1.82, 2.24) is 10.3 Å². The van der Waals surface area contributed by atoms with Gasteiger partial charge in [-0.05, 0) is 61.6 Å². The van der Waals surface area contributed by atoms with Crippen molar-refractivity contribution in [2.75, 3.05) is 13.3 Å². The molecule has 4 heteroatoms. The normalized spacial score (nSPS) is 17.2. The lowest BCUT2D eigenvalue weighted by molar-refractivity contribution is 0.174. The quantitative estimate of drug-likeness (QED) is 0.854. The van der Waals surface area contributed by atoms with E-state index in [2.05, 4.69) is 34.6 Å². The average Bonchev–Trinajstić information content (AvgIpc) is 3.33. The molecule has 2 heterocycles. The van der Waals surface area contributed by atoms with Crippen LogP contribution in [0, 0.1) is 5.92 Å². The SMILES string of the molecule is c1ccc(C[C@@H](NCCc2ccc3c(c2)OCO3)C2CC2)nc1. The maximum absolute atomic E-state index is 5.44. The maximum atomic E-state index is 5.44. The van der Waals surface area contributed by atoms with E-state index in [4.69, 9.17) is 9.47 Å². The zero-order valence-electron chi connectivity index (χ0n) is 13.2. The first kappa shape index (κ1) is 14.5. The van der Waals surface area contributed by atoms with Crippen LogP contribution >= 0.6 is 0 Å². The fourth-order valence-corrected chi connectivity index (χ4v) is 3.15. The molecule has 0 spiro atoms. The topological polar surface area (TPSA) is 43.4 Å². The summed E-state index contributed by atoms with van der Waals surface area (Å²) < 4.78 is 10.8. The molecule has 0 radical (unpaired) electrons. The predicted molar refractivity (Wildman–Crippen MR) is 88.7 cm³/mol. The number of nitrogens with one attached hydrogen (secondary N) is 1. The molecular weight excluding hydrogens is 288 g/mol. The van der Waals surface area contributed by atoms with Gasteiger partial charge in [0.2, 0.25) is 6.79 Å². The average molecular weight is 310 g/mol. The molecule has 120 valence electrons. The Hall–Kier alpha value is -2.07. The van der Waals surface area contributed by atoms with Crippen molar-refractivity contribution in [1.29, 1.82) is 0 Å². The molecule has 1 aliphatic heterocycles. The summed E-state index contributed by atoms with van der Waals surface area (Å²) in [5, 5.41) is 3.73. The Labute approximate surface area is 136 Å². The monoisotopic (exact) mass is 310 g/mol. The van der Waals surface area contributed by atoms with Gasteiger partial charge in [0, 0.05) is 24.4 Å². The van der Waals surface area contributed by atoms with Crippen LogP contribution in [-0.2, 0) is 12.8 Å². The van der Waals surface area contributed by atoms with Crippen LogP contribution in [-0.4, -0.2) is 24.4 Å². The first-order valence-corrected chi connectivity index (χ1v) is 8.40. The summed E-state index contributed by atoms with van der Waals surface area (Å²) in [4.78, 5) is 4.46. The minimum Gasteiger partial charge on any atom is -0.454 e. The highest BCUT2D eigenvalue weighted by Crippen LogP contribution is 2.34. The molecule has 23 heavy (non-hydrogen) atoms. The molecule has 0 amide bonds. The summed E-state index contributed by atoms with van der Waals surface area (Å²) in [6.07, 6.45) is 6.59. The first-order chi connectivity index (χ1) is 11.4. The molecule has 1 aromatic heterocycles. The van der Waals surface area contributed by atoms with Crippen LogP contribution in [0.2, 0.25) is 0 Å². The van der Waals surface area contributed by atoms with E-state index in [0.717, 1.165) is 36.8 Å². The number of benzene rings is 1. The zero-order valence-corrected chi connectivity index (χ0v) is 13.2. The van der Waals surface area contributed by atoms with E-state index in [1.165, 1.54) is 24.1 Å². The highest BCUT2D eigenvalue weighted by molar-refractivity contribution is 5.44. The molecule has 2 aliphatic rings. The highest BCUT2D eigenvalue weighted by Gasteiger charge is 2.31. The van der Waals surface area contributed by atoms with Gasteiger partial charge in [-0.25, -0.2) is 0 Å². The standard InChI is InChI=1S/C19H22N2O2/c1-2-9-20-16(3-1)12-17(15-5-6-15)21-10-8-14-4-7-18-19(11-14)23-13-22-18/h1-4,7,9,11,15,17,21H,5-6,8,10,12-13H2/t17-/m1/s1. The minimum absolute atomic E-state index is 0.338. The molecule has 0 bridgehead atoms. The Balaban J connectivity index is 1.32.